The lowest BCUT2D eigenvalue weighted by molar-refractivity contribution is -0.114. The fourth-order valence-electron chi connectivity index (χ4n) is 3.39. The van der Waals surface area contributed by atoms with Crippen molar-refractivity contribution in [3.8, 4) is 11.5 Å². The summed E-state index contributed by atoms with van der Waals surface area (Å²) in [5, 5.41) is 29.5. The SMILES string of the molecule is C=NN(C(=C)c1cc(CCc2cccc(NC(=O)CN)c2)c(O)cc1O)c1ccccc1Cl. The number of hydrogen-bond donors (Lipinski definition) is 4. The zero-order valence-electron chi connectivity index (χ0n) is 18.0. The lowest BCUT2D eigenvalue weighted by atomic mass is 9.99. The summed E-state index contributed by atoms with van der Waals surface area (Å²) in [6.07, 6.45) is 1.07. The summed E-state index contributed by atoms with van der Waals surface area (Å²) >= 11 is 6.29. The standard InChI is InChI=1S/C25H25ClN4O3/c1-16(30(28-2)22-9-4-3-8-21(22)26)20-13-18(23(31)14-24(20)32)11-10-17-6-5-7-19(12-17)29-25(33)15-27/h3-9,12-14,31-32H,1-2,10-11,15,27H2,(H,29,33). The number of phenolic OH excluding ortho intramolecular Hbond substituents is 2. The van der Waals surface area contributed by atoms with Crippen molar-refractivity contribution < 1.29 is 15.0 Å². The summed E-state index contributed by atoms with van der Waals surface area (Å²) in [5.41, 5.74) is 8.87. The van der Waals surface area contributed by atoms with E-state index in [9.17, 15) is 15.0 Å². The van der Waals surface area contributed by atoms with Crippen LogP contribution in [0, 0.1) is 0 Å². The van der Waals surface area contributed by atoms with E-state index in [1.54, 1.807) is 36.4 Å². The van der Waals surface area contributed by atoms with Gasteiger partial charge in [-0.2, -0.15) is 5.10 Å². The van der Waals surface area contributed by atoms with Gasteiger partial charge in [0, 0.05) is 24.0 Å². The van der Waals surface area contributed by atoms with E-state index in [1.807, 2.05) is 18.2 Å². The molecule has 0 heterocycles. The number of amides is 1. The van der Waals surface area contributed by atoms with Gasteiger partial charge in [0.15, 0.2) is 0 Å². The van der Waals surface area contributed by atoms with E-state index in [4.69, 9.17) is 17.3 Å². The van der Waals surface area contributed by atoms with Gasteiger partial charge in [-0.05, 0) is 54.3 Å². The first-order valence-corrected chi connectivity index (χ1v) is 10.6. The second kappa shape index (κ2) is 10.7. The number of aromatic hydroxyl groups is 2. The number of benzene rings is 3. The molecule has 3 rings (SSSR count). The third kappa shape index (κ3) is 5.71. The number of aryl methyl sites for hydroxylation is 2. The Labute approximate surface area is 197 Å². The zero-order chi connectivity index (χ0) is 24.0. The average molecular weight is 465 g/mol. The Morgan fingerprint density at radius 3 is 2.52 bits per heavy atom. The van der Waals surface area contributed by atoms with E-state index >= 15 is 0 Å². The van der Waals surface area contributed by atoms with E-state index in [-0.39, 0.29) is 24.0 Å². The second-order valence-corrected chi connectivity index (χ2v) is 7.71. The van der Waals surface area contributed by atoms with Crippen LogP contribution in [-0.4, -0.2) is 29.4 Å². The highest BCUT2D eigenvalue weighted by molar-refractivity contribution is 6.33. The van der Waals surface area contributed by atoms with Gasteiger partial charge >= 0.3 is 0 Å². The molecule has 0 aliphatic rings. The van der Waals surface area contributed by atoms with Gasteiger partial charge in [-0.1, -0.05) is 42.4 Å². The molecule has 0 atom stereocenters. The molecule has 33 heavy (non-hydrogen) atoms. The maximum atomic E-state index is 11.5. The Balaban J connectivity index is 1.84. The van der Waals surface area contributed by atoms with Gasteiger partial charge in [-0.15, -0.1) is 0 Å². The number of carbonyl (C=O) groups is 1. The van der Waals surface area contributed by atoms with E-state index in [0.29, 0.717) is 46.1 Å². The number of rotatable bonds is 9. The van der Waals surface area contributed by atoms with Gasteiger partial charge < -0.3 is 21.3 Å². The van der Waals surface area contributed by atoms with Crippen molar-refractivity contribution in [2.24, 2.45) is 10.8 Å². The quantitative estimate of drug-likeness (QED) is 0.274. The number of hydrogen-bond acceptors (Lipinski definition) is 6. The average Bonchev–Trinajstić information content (AvgIpc) is 2.80. The number of halogens is 1. The largest absolute Gasteiger partial charge is 0.508 e. The van der Waals surface area contributed by atoms with Crippen LogP contribution in [0.15, 0.2) is 72.3 Å². The monoisotopic (exact) mass is 464 g/mol. The summed E-state index contributed by atoms with van der Waals surface area (Å²) in [6, 6.07) is 17.4. The number of anilines is 2. The Kier molecular flexibility index (Phi) is 7.71. The lowest BCUT2D eigenvalue weighted by Gasteiger charge is -2.23. The molecule has 0 spiro atoms. The summed E-state index contributed by atoms with van der Waals surface area (Å²) in [7, 11) is 0. The highest BCUT2D eigenvalue weighted by atomic mass is 35.5. The molecular formula is C25H25ClN4O3. The van der Waals surface area contributed by atoms with Gasteiger partial charge in [0.05, 0.1) is 23.0 Å². The summed E-state index contributed by atoms with van der Waals surface area (Å²) in [4.78, 5) is 11.5. The first kappa shape index (κ1) is 23.8. The second-order valence-electron chi connectivity index (χ2n) is 7.30. The fraction of sp³-hybridized carbons (Fsp3) is 0.120. The predicted octanol–water partition coefficient (Wildman–Crippen LogP) is 4.53. The number of nitrogens with two attached hydrogens (primary N) is 1. The Bertz CT molecular complexity index is 1200. The molecule has 8 heteroatoms. The van der Waals surface area contributed by atoms with Crippen LogP contribution < -0.4 is 16.1 Å². The number of phenols is 2. The highest BCUT2D eigenvalue weighted by Crippen LogP contribution is 2.37. The summed E-state index contributed by atoms with van der Waals surface area (Å²) in [6.45, 7) is 7.55. The van der Waals surface area contributed by atoms with Gasteiger partial charge in [-0.3, -0.25) is 4.79 Å². The van der Waals surface area contributed by atoms with Crippen LogP contribution in [0.4, 0.5) is 11.4 Å². The molecular weight excluding hydrogens is 440 g/mol. The third-order valence-corrected chi connectivity index (χ3v) is 5.38. The summed E-state index contributed by atoms with van der Waals surface area (Å²) in [5.74, 6) is -0.452. The van der Waals surface area contributed by atoms with Crippen LogP contribution in [0.1, 0.15) is 16.7 Å². The topological polar surface area (TPSA) is 111 Å². The molecule has 0 radical (unpaired) electrons. The van der Waals surface area contributed by atoms with Crippen molar-refractivity contribution in [2.75, 3.05) is 16.9 Å². The molecule has 3 aromatic rings. The van der Waals surface area contributed by atoms with Crippen LogP contribution in [0.25, 0.3) is 5.70 Å². The van der Waals surface area contributed by atoms with Gasteiger partial charge in [0.25, 0.3) is 0 Å². The molecule has 0 unspecified atom stereocenters. The van der Waals surface area contributed by atoms with Crippen LogP contribution >= 0.6 is 11.6 Å². The first-order chi connectivity index (χ1) is 15.8. The van der Waals surface area contributed by atoms with Crippen molar-refractivity contribution in [1.82, 2.24) is 0 Å². The fourth-order valence-corrected chi connectivity index (χ4v) is 3.61. The Hall–Kier alpha value is -3.81. The maximum absolute atomic E-state index is 11.5. The van der Waals surface area contributed by atoms with Crippen molar-refractivity contribution in [3.05, 3.63) is 89.0 Å². The molecule has 0 saturated carbocycles. The molecule has 0 fully saturated rings. The molecule has 0 aromatic heterocycles. The molecule has 0 bridgehead atoms. The first-order valence-electron chi connectivity index (χ1n) is 10.2. The minimum atomic E-state index is -0.273. The number of para-hydroxylation sites is 1. The van der Waals surface area contributed by atoms with Crippen LogP contribution in [0.5, 0.6) is 11.5 Å². The molecule has 7 nitrogen and oxygen atoms in total. The van der Waals surface area contributed by atoms with Gasteiger partial charge in [-0.25, -0.2) is 5.01 Å². The van der Waals surface area contributed by atoms with Crippen LogP contribution in [0.3, 0.4) is 0 Å². The molecule has 170 valence electrons. The Morgan fingerprint density at radius 2 is 1.82 bits per heavy atom. The number of hydrazone groups is 1. The number of nitrogens with one attached hydrogen (secondary N) is 1. The Morgan fingerprint density at radius 1 is 1.06 bits per heavy atom. The lowest BCUT2D eigenvalue weighted by Crippen LogP contribution is -2.21. The third-order valence-electron chi connectivity index (χ3n) is 5.06. The van der Waals surface area contributed by atoms with E-state index in [0.717, 1.165) is 5.56 Å². The zero-order valence-corrected chi connectivity index (χ0v) is 18.7. The highest BCUT2D eigenvalue weighted by Gasteiger charge is 2.18. The predicted molar refractivity (Wildman–Crippen MR) is 134 cm³/mol. The minimum absolute atomic E-state index is 0.0347. The molecule has 0 saturated heterocycles. The van der Waals surface area contributed by atoms with Crippen LogP contribution in [-0.2, 0) is 17.6 Å². The normalized spacial score (nSPS) is 10.5. The minimum Gasteiger partial charge on any atom is -0.508 e. The smallest absolute Gasteiger partial charge is 0.238 e. The van der Waals surface area contributed by atoms with Gasteiger partial charge in [0.1, 0.15) is 11.5 Å². The van der Waals surface area contributed by atoms with Crippen molar-refractivity contribution in [1.29, 1.82) is 0 Å². The number of carbonyl (C=O) groups excluding carboxylic acids is 1. The number of nitrogens with zero attached hydrogens (tertiary/aromatic N) is 2. The van der Waals surface area contributed by atoms with Crippen molar-refractivity contribution in [3.63, 3.8) is 0 Å². The van der Waals surface area contributed by atoms with E-state index < -0.39 is 0 Å². The van der Waals surface area contributed by atoms with Crippen molar-refractivity contribution in [2.45, 2.75) is 12.8 Å². The molecule has 0 aliphatic carbocycles. The van der Waals surface area contributed by atoms with Crippen molar-refractivity contribution >= 4 is 41.3 Å². The van der Waals surface area contributed by atoms with Gasteiger partial charge in [0.2, 0.25) is 5.91 Å². The molecule has 3 aromatic carbocycles. The van der Waals surface area contributed by atoms with E-state index in [2.05, 4.69) is 23.7 Å². The summed E-state index contributed by atoms with van der Waals surface area (Å²) < 4.78 is 0. The molecule has 1 amide bonds. The molecule has 0 aliphatic heterocycles. The van der Waals surface area contributed by atoms with E-state index in [1.165, 1.54) is 11.1 Å². The molecule has 5 N–H and O–H groups in total. The van der Waals surface area contributed by atoms with Crippen LogP contribution in [0.2, 0.25) is 5.02 Å². The maximum Gasteiger partial charge on any atom is 0.238 e.